The molecule has 0 amide bonds. The van der Waals surface area contributed by atoms with Crippen molar-refractivity contribution < 1.29 is 5.11 Å². The van der Waals surface area contributed by atoms with Crippen LogP contribution in [0.3, 0.4) is 0 Å². The largest absolute Gasteiger partial charge is 0.396 e. The first-order valence-corrected chi connectivity index (χ1v) is 7.41. The highest BCUT2D eigenvalue weighted by Gasteiger charge is 2.33. The second kappa shape index (κ2) is 6.36. The molecule has 22 heavy (non-hydrogen) atoms. The fourth-order valence-corrected chi connectivity index (χ4v) is 3.16. The zero-order valence-electron chi connectivity index (χ0n) is 12.8. The molecule has 1 fully saturated rings. The first-order chi connectivity index (χ1) is 10.0. The lowest BCUT2D eigenvalue weighted by Crippen LogP contribution is -2.39. The Morgan fingerprint density at radius 2 is 2.14 bits per heavy atom. The van der Waals surface area contributed by atoms with Crippen molar-refractivity contribution in [1.29, 1.82) is 0 Å². The zero-order chi connectivity index (χ0) is 15.1. The van der Waals surface area contributed by atoms with E-state index >= 15 is 0 Å². The van der Waals surface area contributed by atoms with E-state index in [1.165, 1.54) is 0 Å². The number of hydrogen-bond donors (Lipinski definition) is 2. The van der Waals surface area contributed by atoms with Crippen LogP contribution in [0, 0.1) is 12.8 Å². The molecule has 120 valence electrons. The molecule has 3 N–H and O–H groups in total. The molecule has 2 aromatic rings. The number of aliphatic hydroxyl groups is 1. The van der Waals surface area contributed by atoms with Gasteiger partial charge in [-0.05, 0) is 44.2 Å². The van der Waals surface area contributed by atoms with Crippen molar-refractivity contribution in [2.75, 3.05) is 6.61 Å². The molecular formula is C16H22ClN3O2. The van der Waals surface area contributed by atoms with Crippen molar-refractivity contribution in [2.24, 2.45) is 11.7 Å². The molecule has 1 aliphatic carbocycles. The molecule has 3 rings (SSSR count). The topological polar surface area (TPSA) is 81.1 Å². The first kappa shape index (κ1) is 16.9. The molecule has 1 heterocycles. The van der Waals surface area contributed by atoms with E-state index in [0.29, 0.717) is 16.7 Å². The molecule has 1 atom stereocenters. The van der Waals surface area contributed by atoms with E-state index in [1.54, 1.807) is 4.57 Å². The lowest BCUT2D eigenvalue weighted by Gasteiger charge is -2.37. The molecule has 0 aliphatic heterocycles. The Morgan fingerprint density at radius 1 is 1.45 bits per heavy atom. The van der Waals surface area contributed by atoms with Gasteiger partial charge in [-0.2, -0.15) is 0 Å². The molecule has 1 aromatic carbocycles. The molecule has 0 unspecified atom stereocenters. The van der Waals surface area contributed by atoms with Crippen LogP contribution >= 0.6 is 12.4 Å². The number of fused-ring (bicyclic) bond motifs is 1. The summed E-state index contributed by atoms with van der Waals surface area (Å²) in [6, 6.07) is 5.50. The summed E-state index contributed by atoms with van der Waals surface area (Å²) in [6.07, 6.45) is 1.63. The van der Waals surface area contributed by atoms with Crippen molar-refractivity contribution >= 4 is 23.3 Å². The van der Waals surface area contributed by atoms with Gasteiger partial charge in [0.25, 0.3) is 5.56 Å². The average Bonchev–Trinajstić information content (AvgIpc) is 2.39. The zero-order valence-corrected chi connectivity index (χ0v) is 13.6. The van der Waals surface area contributed by atoms with Crippen LogP contribution in [0.1, 0.15) is 43.2 Å². The monoisotopic (exact) mass is 323 g/mol. The number of nitrogens with two attached hydrogens (primary N) is 1. The fourth-order valence-electron chi connectivity index (χ4n) is 3.16. The maximum atomic E-state index is 12.9. The van der Waals surface area contributed by atoms with Crippen LogP contribution in [-0.2, 0) is 0 Å². The van der Waals surface area contributed by atoms with E-state index in [1.807, 2.05) is 32.0 Å². The maximum absolute atomic E-state index is 12.9. The Balaban J connectivity index is 0.00000176. The fraction of sp³-hybridized carbons (Fsp3) is 0.500. The molecular weight excluding hydrogens is 302 g/mol. The first-order valence-electron chi connectivity index (χ1n) is 7.41. The van der Waals surface area contributed by atoms with Gasteiger partial charge in [0.1, 0.15) is 5.82 Å². The van der Waals surface area contributed by atoms with Gasteiger partial charge >= 0.3 is 0 Å². The predicted molar refractivity (Wildman–Crippen MR) is 89.4 cm³/mol. The third kappa shape index (κ3) is 2.64. The van der Waals surface area contributed by atoms with Crippen molar-refractivity contribution in [3.8, 4) is 0 Å². The third-order valence-electron chi connectivity index (χ3n) is 4.41. The van der Waals surface area contributed by atoms with Crippen LogP contribution in [0.4, 0.5) is 0 Å². The summed E-state index contributed by atoms with van der Waals surface area (Å²) in [5, 5.41) is 9.86. The summed E-state index contributed by atoms with van der Waals surface area (Å²) in [7, 11) is 0. The number of rotatable bonds is 3. The van der Waals surface area contributed by atoms with Gasteiger partial charge in [-0.15, -0.1) is 12.4 Å². The molecule has 1 aliphatic rings. The minimum absolute atomic E-state index is 0. The van der Waals surface area contributed by atoms with E-state index in [9.17, 15) is 9.90 Å². The number of nitrogens with zero attached hydrogens (tertiary/aromatic N) is 2. The molecule has 1 saturated carbocycles. The van der Waals surface area contributed by atoms with Crippen molar-refractivity contribution in [1.82, 2.24) is 9.55 Å². The minimum Gasteiger partial charge on any atom is -0.396 e. The van der Waals surface area contributed by atoms with Crippen LogP contribution in [0.2, 0.25) is 0 Å². The number of aliphatic hydroxyl groups excluding tert-OH is 1. The van der Waals surface area contributed by atoms with E-state index in [0.717, 1.165) is 18.4 Å². The smallest absolute Gasteiger partial charge is 0.261 e. The van der Waals surface area contributed by atoms with E-state index in [-0.39, 0.29) is 42.6 Å². The molecule has 6 heteroatoms. The highest BCUT2D eigenvalue weighted by atomic mass is 35.5. The Morgan fingerprint density at radius 3 is 2.73 bits per heavy atom. The Labute approximate surface area is 135 Å². The van der Waals surface area contributed by atoms with Gasteiger partial charge in [0.2, 0.25) is 0 Å². The lowest BCUT2D eigenvalue weighted by atomic mass is 9.80. The third-order valence-corrected chi connectivity index (χ3v) is 4.41. The van der Waals surface area contributed by atoms with Crippen molar-refractivity contribution in [3.63, 3.8) is 0 Å². The number of aromatic nitrogens is 2. The predicted octanol–water partition coefficient (Wildman–Crippen LogP) is 2.09. The van der Waals surface area contributed by atoms with Gasteiger partial charge in [0.05, 0.1) is 16.9 Å². The Bertz CT molecular complexity index is 736. The molecule has 1 aromatic heterocycles. The van der Waals surface area contributed by atoms with Gasteiger partial charge in [-0.3, -0.25) is 9.36 Å². The second-order valence-electron chi connectivity index (χ2n) is 6.08. The molecule has 0 spiro atoms. The van der Waals surface area contributed by atoms with Gasteiger partial charge in [0, 0.05) is 12.6 Å². The van der Waals surface area contributed by atoms with Crippen LogP contribution < -0.4 is 11.3 Å². The highest BCUT2D eigenvalue weighted by molar-refractivity contribution is 5.85. The standard InChI is InChI=1S/C16H21N3O2.ClH/c1-9-4-3-5-13-14(9)16(21)19(15(18-13)10(2)17)12-6-11(7-12)8-20;/h3-5,10-12,20H,6-8,17H2,1-2H3;1H/t10-,11?,12?;/m0./s1. The van der Waals surface area contributed by atoms with Gasteiger partial charge < -0.3 is 10.8 Å². The number of aryl methyl sites for hydroxylation is 1. The van der Waals surface area contributed by atoms with Crippen molar-refractivity contribution in [2.45, 2.75) is 38.8 Å². The SMILES string of the molecule is Cc1cccc2nc([C@H](C)N)n(C3CC(CO)C3)c(=O)c12.Cl. The van der Waals surface area contributed by atoms with Gasteiger partial charge in [-0.1, -0.05) is 12.1 Å². The van der Waals surface area contributed by atoms with Crippen LogP contribution in [0.5, 0.6) is 0 Å². The summed E-state index contributed by atoms with van der Waals surface area (Å²) in [4.78, 5) is 17.5. The van der Waals surface area contributed by atoms with Crippen LogP contribution in [0.15, 0.2) is 23.0 Å². The normalized spacial score (nSPS) is 22.0. The maximum Gasteiger partial charge on any atom is 0.261 e. The number of halogens is 1. The van der Waals surface area contributed by atoms with E-state index < -0.39 is 0 Å². The average molecular weight is 324 g/mol. The second-order valence-corrected chi connectivity index (χ2v) is 6.08. The number of hydrogen-bond acceptors (Lipinski definition) is 4. The summed E-state index contributed by atoms with van der Waals surface area (Å²) in [5.41, 5.74) is 7.66. The summed E-state index contributed by atoms with van der Waals surface area (Å²) >= 11 is 0. The Kier molecular flexibility index (Phi) is 4.90. The van der Waals surface area contributed by atoms with Gasteiger partial charge in [-0.25, -0.2) is 4.98 Å². The summed E-state index contributed by atoms with van der Waals surface area (Å²) in [5.74, 6) is 0.926. The molecule has 0 radical (unpaired) electrons. The lowest BCUT2D eigenvalue weighted by molar-refractivity contribution is 0.107. The summed E-state index contributed by atoms with van der Waals surface area (Å²) in [6.45, 7) is 3.96. The quantitative estimate of drug-likeness (QED) is 0.906. The molecule has 5 nitrogen and oxygen atoms in total. The van der Waals surface area contributed by atoms with E-state index in [4.69, 9.17) is 5.73 Å². The van der Waals surface area contributed by atoms with E-state index in [2.05, 4.69) is 4.98 Å². The van der Waals surface area contributed by atoms with Crippen LogP contribution in [0.25, 0.3) is 10.9 Å². The van der Waals surface area contributed by atoms with Crippen molar-refractivity contribution in [3.05, 3.63) is 39.9 Å². The summed E-state index contributed by atoms with van der Waals surface area (Å²) < 4.78 is 1.76. The number of benzene rings is 1. The van der Waals surface area contributed by atoms with Crippen LogP contribution in [-0.4, -0.2) is 21.3 Å². The highest BCUT2D eigenvalue weighted by Crippen LogP contribution is 2.37. The molecule has 0 saturated heterocycles. The van der Waals surface area contributed by atoms with Gasteiger partial charge in [0.15, 0.2) is 0 Å². The molecule has 0 bridgehead atoms. The minimum atomic E-state index is -0.296. The Hall–Kier alpha value is -1.43.